The van der Waals surface area contributed by atoms with Crippen LogP contribution in [-0.4, -0.2) is 20.2 Å². The first-order chi connectivity index (χ1) is 13.0. The molecule has 1 aromatic heterocycles. The van der Waals surface area contributed by atoms with Gasteiger partial charge in [-0.3, -0.25) is 13.9 Å². The molecule has 0 saturated heterocycles. The molecule has 0 unspecified atom stereocenters. The van der Waals surface area contributed by atoms with Gasteiger partial charge in [-0.1, -0.05) is 48.6 Å². The number of carboxylic acids is 1. The minimum atomic E-state index is -0.914. The summed E-state index contributed by atoms with van der Waals surface area (Å²) in [4.78, 5) is 23.9. The molecule has 1 N–H and O–H groups in total. The average molecular weight is 364 g/mol. The van der Waals surface area contributed by atoms with Gasteiger partial charge in [-0.25, -0.2) is 4.79 Å². The number of rotatable bonds is 8. The van der Waals surface area contributed by atoms with Crippen LogP contribution in [0, 0.1) is 6.92 Å². The second-order valence-electron chi connectivity index (χ2n) is 6.89. The summed E-state index contributed by atoms with van der Waals surface area (Å²) in [6.45, 7) is 6.71. The summed E-state index contributed by atoms with van der Waals surface area (Å²) in [6, 6.07) is 16.0. The standard InChI is InChI=1S/C22H24N2O3/c1-16-9-11-19-20(14-16)23(13-12-21(25)26)22(27)24(19)15-17(2)8-10-18-6-4-3-5-7-18/h3-7,9,11,14H,2,8,10,12-13,15H2,1H3,(H,25,26). The molecule has 0 saturated carbocycles. The number of fused-ring (bicyclic) bond motifs is 1. The Kier molecular flexibility index (Phi) is 5.60. The largest absolute Gasteiger partial charge is 0.481 e. The van der Waals surface area contributed by atoms with Crippen molar-refractivity contribution in [2.24, 2.45) is 0 Å². The van der Waals surface area contributed by atoms with Crippen LogP contribution in [0.15, 0.2) is 65.5 Å². The number of imidazole rings is 1. The van der Waals surface area contributed by atoms with Gasteiger partial charge in [0.15, 0.2) is 0 Å². The number of aromatic nitrogens is 2. The molecule has 0 aliphatic rings. The van der Waals surface area contributed by atoms with Gasteiger partial charge in [-0.05, 0) is 43.0 Å². The van der Waals surface area contributed by atoms with Crippen LogP contribution < -0.4 is 5.69 Å². The molecule has 27 heavy (non-hydrogen) atoms. The fourth-order valence-electron chi connectivity index (χ4n) is 3.27. The number of aryl methyl sites for hydroxylation is 3. The van der Waals surface area contributed by atoms with Crippen molar-refractivity contribution < 1.29 is 9.90 Å². The molecule has 5 nitrogen and oxygen atoms in total. The van der Waals surface area contributed by atoms with Crippen LogP contribution in [-0.2, 0) is 24.3 Å². The Labute approximate surface area is 158 Å². The van der Waals surface area contributed by atoms with Crippen molar-refractivity contribution in [2.45, 2.75) is 39.3 Å². The number of carboxylic acid groups (broad SMARTS) is 1. The summed E-state index contributed by atoms with van der Waals surface area (Å²) in [7, 11) is 0. The molecule has 1 heterocycles. The van der Waals surface area contributed by atoms with Crippen molar-refractivity contribution in [1.82, 2.24) is 9.13 Å². The van der Waals surface area contributed by atoms with Crippen molar-refractivity contribution in [2.75, 3.05) is 0 Å². The van der Waals surface area contributed by atoms with Gasteiger partial charge < -0.3 is 5.11 Å². The molecule has 0 aliphatic heterocycles. The first kappa shape index (κ1) is 18.7. The van der Waals surface area contributed by atoms with E-state index in [-0.39, 0.29) is 18.7 Å². The highest BCUT2D eigenvalue weighted by molar-refractivity contribution is 5.77. The summed E-state index contributed by atoms with van der Waals surface area (Å²) >= 11 is 0. The van der Waals surface area contributed by atoms with Crippen LogP contribution in [0.2, 0.25) is 0 Å². The van der Waals surface area contributed by atoms with E-state index in [0.717, 1.165) is 35.0 Å². The van der Waals surface area contributed by atoms with E-state index in [0.29, 0.717) is 6.54 Å². The molecule has 0 fully saturated rings. The van der Waals surface area contributed by atoms with Gasteiger partial charge >= 0.3 is 11.7 Å². The molecular weight excluding hydrogens is 340 g/mol. The SMILES string of the molecule is C=C(CCc1ccccc1)Cn1c(=O)n(CCC(=O)O)c2cc(C)ccc21. The highest BCUT2D eigenvalue weighted by Crippen LogP contribution is 2.18. The molecule has 3 rings (SSSR count). The third-order valence-corrected chi connectivity index (χ3v) is 4.72. The second kappa shape index (κ2) is 8.08. The first-order valence-electron chi connectivity index (χ1n) is 9.08. The van der Waals surface area contributed by atoms with Gasteiger partial charge in [0, 0.05) is 13.1 Å². The lowest BCUT2D eigenvalue weighted by molar-refractivity contribution is -0.137. The van der Waals surface area contributed by atoms with E-state index in [4.69, 9.17) is 5.11 Å². The lowest BCUT2D eigenvalue weighted by Gasteiger charge is -2.08. The van der Waals surface area contributed by atoms with Gasteiger partial charge in [0.05, 0.1) is 17.5 Å². The number of carbonyl (C=O) groups is 1. The fraction of sp³-hybridized carbons (Fsp3) is 0.273. The summed E-state index contributed by atoms with van der Waals surface area (Å²) < 4.78 is 3.25. The zero-order valence-corrected chi connectivity index (χ0v) is 15.5. The first-order valence-corrected chi connectivity index (χ1v) is 9.08. The van der Waals surface area contributed by atoms with Gasteiger partial charge in [-0.15, -0.1) is 0 Å². The molecule has 2 aromatic carbocycles. The van der Waals surface area contributed by atoms with Crippen molar-refractivity contribution >= 4 is 17.0 Å². The van der Waals surface area contributed by atoms with Gasteiger partial charge in [-0.2, -0.15) is 0 Å². The summed E-state index contributed by atoms with van der Waals surface area (Å²) in [5.41, 5.74) is 4.66. The fourth-order valence-corrected chi connectivity index (χ4v) is 3.27. The number of benzene rings is 2. The number of allylic oxidation sites excluding steroid dienone is 1. The van der Waals surface area contributed by atoms with E-state index < -0.39 is 5.97 Å². The number of aliphatic carboxylic acids is 1. The van der Waals surface area contributed by atoms with Gasteiger partial charge in [0.2, 0.25) is 0 Å². The Morgan fingerprint density at radius 3 is 2.48 bits per heavy atom. The van der Waals surface area contributed by atoms with E-state index >= 15 is 0 Å². The predicted octanol–water partition coefficient (Wildman–Crippen LogP) is 3.78. The smallest absolute Gasteiger partial charge is 0.329 e. The molecular formula is C22H24N2O3. The highest BCUT2D eigenvalue weighted by atomic mass is 16.4. The molecule has 3 aromatic rings. The van der Waals surface area contributed by atoms with Gasteiger partial charge in [0.25, 0.3) is 0 Å². The zero-order valence-electron chi connectivity index (χ0n) is 15.5. The summed E-state index contributed by atoms with van der Waals surface area (Å²) in [6.07, 6.45) is 1.59. The van der Waals surface area contributed by atoms with Crippen LogP contribution >= 0.6 is 0 Å². The second-order valence-corrected chi connectivity index (χ2v) is 6.89. The summed E-state index contributed by atoms with van der Waals surface area (Å²) in [5, 5.41) is 8.99. The van der Waals surface area contributed by atoms with E-state index in [2.05, 4.69) is 18.7 Å². The van der Waals surface area contributed by atoms with Crippen LogP contribution in [0.4, 0.5) is 0 Å². The van der Waals surface area contributed by atoms with Crippen LogP contribution in [0.25, 0.3) is 11.0 Å². The maximum absolute atomic E-state index is 12.9. The monoisotopic (exact) mass is 364 g/mol. The molecule has 0 amide bonds. The minimum absolute atomic E-state index is 0.0814. The van der Waals surface area contributed by atoms with E-state index in [1.165, 1.54) is 5.56 Å². The number of hydrogen-bond donors (Lipinski definition) is 1. The maximum atomic E-state index is 12.9. The number of nitrogens with zero attached hydrogens (tertiary/aromatic N) is 2. The molecule has 0 radical (unpaired) electrons. The molecule has 0 atom stereocenters. The topological polar surface area (TPSA) is 64.2 Å². The average Bonchev–Trinajstić information content (AvgIpc) is 2.90. The molecule has 5 heteroatoms. The van der Waals surface area contributed by atoms with Crippen molar-refractivity contribution in [3.05, 3.63) is 82.3 Å². The Balaban J connectivity index is 1.85. The van der Waals surface area contributed by atoms with Crippen LogP contribution in [0.3, 0.4) is 0 Å². The Morgan fingerprint density at radius 1 is 1.04 bits per heavy atom. The molecule has 140 valence electrons. The van der Waals surface area contributed by atoms with E-state index in [1.54, 1.807) is 9.13 Å². The third-order valence-electron chi connectivity index (χ3n) is 4.72. The van der Waals surface area contributed by atoms with Gasteiger partial charge in [0.1, 0.15) is 0 Å². The predicted molar refractivity (Wildman–Crippen MR) is 107 cm³/mol. The van der Waals surface area contributed by atoms with E-state index in [1.807, 2.05) is 43.3 Å². The van der Waals surface area contributed by atoms with Crippen LogP contribution in [0.5, 0.6) is 0 Å². The molecule has 0 aliphatic carbocycles. The minimum Gasteiger partial charge on any atom is -0.481 e. The Bertz CT molecular complexity index is 1030. The van der Waals surface area contributed by atoms with Crippen LogP contribution in [0.1, 0.15) is 24.0 Å². The molecule has 0 spiro atoms. The Morgan fingerprint density at radius 2 is 1.78 bits per heavy atom. The lowest BCUT2D eigenvalue weighted by Crippen LogP contribution is -2.25. The normalized spacial score (nSPS) is 11.0. The third kappa shape index (κ3) is 4.37. The van der Waals surface area contributed by atoms with Crippen molar-refractivity contribution in [3.8, 4) is 0 Å². The summed E-state index contributed by atoms with van der Waals surface area (Å²) in [5.74, 6) is -0.914. The zero-order chi connectivity index (χ0) is 19.4. The van der Waals surface area contributed by atoms with E-state index in [9.17, 15) is 9.59 Å². The highest BCUT2D eigenvalue weighted by Gasteiger charge is 2.15. The maximum Gasteiger partial charge on any atom is 0.329 e. The van der Waals surface area contributed by atoms with Crippen molar-refractivity contribution in [3.63, 3.8) is 0 Å². The molecule has 0 bridgehead atoms. The van der Waals surface area contributed by atoms with Crippen molar-refractivity contribution in [1.29, 1.82) is 0 Å². The quantitative estimate of drug-likeness (QED) is 0.619. The number of hydrogen-bond acceptors (Lipinski definition) is 2. The lowest BCUT2D eigenvalue weighted by atomic mass is 10.1. The Hall–Kier alpha value is -3.08.